The lowest BCUT2D eigenvalue weighted by Gasteiger charge is -2.54. The molecular weight excluding hydrogens is 346 g/mol. The molecule has 3 unspecified atom stereocenters. The lowest BCUT2D eigenvalue weighted by molar-refractivity contribution is -0.940. The molecule has 0 fully saturated rings. The zero-order valence-electron chi connectivity index (χ0n) is 15.4. The number of likely N-dealkylation sites (N-methyl/N-ethyl adjacent to an activating group) is 1. The Labute approximate surface area is 157 Å². The van der Waals surface area contributed by atoms with Gasteiger partial charge in [0.1, 0.15) is 12.6 Å². The highest BCUT2D eigenvalue weighted by Crippen LogP contribution is 2.55. The van der Waals surface area contributed by atoms with Crippen molar-refractivity contribution >= 4 is 0 Å². The fourth-order valence-corrected chi connectivity index (χ4v) is 5.40. The van der Waals surface area contributed by atoms with E-state index in [1.54, 1.807) is 0 Å². The maximum Gasteiger partial charge on any atom is 0.231 e. The Hall–Kier alpha value is -2.44. The van der Waals surface area contributed by atoms with Crippen LogP contribution >= 0.6 is 0 Å². The van der Waals surface area contributed by atoms with E-state index in [4.69, 9.17) is 18.9 Å². The van der Waals surface area contributed by atoms with Crippen LogP contribution in [0.2, 0.25) is 0 Å². The number of fused-ring (bicyclic) bond motifs is 8. The molecule has 1 aliphatic carbocycles. The van der Waals surface area contributed by atoms with Crippen molar-refractivity contribution in [1.29, 1.82) is 0 Å². The first-order valence-corrected chi connectivity index (χ1v) is 9.35. The Balaban J connectivity index is 1.57. The SMILES string of the molecule is C[N+]1(C)Cc2c(ccc3c2OCO3)C2C([O-])Cc3cc4c(cc3C21)OCO4. The molecule has 2 aromatic carbocycles. The summed E-state index contributed by atoms with van der Waals surface area (Å²) in [5.41, 5.74) is 4.55. The second-order valence-corrected chi connectivity index (χ2v) is 8.42. The van der Waals surface area contributed by atoms with Gasteiger partial charge in [-0.05, 0) is 35.7 Å². The molecule has 0 spiro atoms. The van der Waals surface area contributed by atoms with E-state index in [-0.39, 0.29) is 25.5 Å². The lowest BCUT2D eigenvalue weighted by atomic mass is 9.69. The van der Waals surface area contributed by atoms with Crippen LogP contribution in [0.5, 0.6) is 23.0 Å². The van der Waals surface area contributed by atoms with Crippen LogP contribution in [0.1, 0.15) is 34.2 Å². The van der Waals surface area contributed by atoms with Gasteiger partial charge in [-0.3, -0.25) is 0 Å². The number of benzene rings is 2. The minimum atomic E-state index is -0.709. The minimum absolute atomic E-state index is 0.0821. The van der Waals surface area contributed by atoms with Crippen LogP contribution in [0.4, 0.5) is 0 Å². The molecule has 0 aromatic heterocycles. The van der Waals surface area contributed by atoms with Gasteiger partial charge < -0.3 is 28.5 Å². The van der Waals surface area contributed by atoms with Gasteiger partial charge in [-0.25, -0.2) is 0 Å². The van der Waals surface area contributed by atoms with Crippen LogP contribution in [0.15, 0.2) is 24.3 Å². The molecule has 0 amide bonds. The third-order valence-electron chi connectivity index (χ3n) is 6.47. The molecule has 6 rings (SSSR count). The number of rotatable bonds is 0. The molecular formula is C21H21NO5. The highest BCUT2D eigenvalue weighted by Gasteiger charge is 2.49. The van der Waals surface area contributed by atoms with Crippen LogP contribution in [0, 0.1) is 0 Å². The molecule has 0 bridgehead atoms. The highest BCUT2D eigenvalue weighted by molar-refractivity contribution is 5.57. The van der Waals surface area contributed by atoms with Gasteiger partial charge in [-0.1, -0.05) is 6.07 Å². The summed E-state index contributed by atoms with van der Waals surface area (Å²) < 4.78 is 23.2. The fraction of sp³-hybridized carbons (Fsp3) is 0.429. The molecule has 0 saturated carbocycles. The summed E-state index contributed by atoms with van der Waals surface area (Å²) in [4.78, 5) is 0. The van der Waals surface area contributed by atoms with E-state index >= 15 is 0 Å². The van der Waals surface area contributed by atoms with E-state index in [2.05, 4.69) is 26.2 Å². The molecule has 2 aromatic rings. The Kier molecular flexibility index (Phi) is 2.94. The van der Waals surface area contributed by atoms with Crippen LogP contribution in [0.25, 0.3) is 0 Å². The zero-order valence-corrected chi connectivity index (χ0v) is 15.4. The van der Waals surface area contributed by atoms with Crippen LogP contribution in [-0.4, -0.2) is 38.3 Å². The fourth-order valence-electron chi connectivity index (χ4n) is 5.40. The van der Waals surface area contributed by atoms with Crippen LogP contribution in [0.3, 0.4) is 0 Å². The number of hydrogen-bond acceptors (Lipinski definition) is 5. The van der Waals surface area contributed by atoms with Crippen molar-refractivity contribution in [3.63, 3.8) is 0 Å². The van der Waals surface area contributed by atoms with E-state index in [0.29, 0.717) is 10.9 Å². The van der Waals surface area contributed by atoms with Gasteiger partial charge in [-0.2, -0.15) is 0 Å². The van der Waals surface area contributed by atoms with Crippen molar-refractivity contribution in [2.75, 3.05) is 27.7 Å². The molecule has 0 N–H and O–H groups in total. The van der Waals surface area contributed by atoms with Crippen molar-refractivity contribution in [3.05, 3.63) is 46.5 Å². The van der Waals surface area contributed by atoms with Gasteiger partial charge >= 0.3 is 0 Å². The van der Waals surface area contributed by atoms with Crippen molar-refractivity contribution in [2.45, 2.75) is 31.0 Å². The van der Waals surface area contributed by atoms with Gasteiger partial charge in [0.25, 0.3) is 0 Å². The van der Waals surface area contributed by atoms with E-state index in [0.717, 1.165) is 46.2 Å². The molecule has 3 aliphatic heterocycles. The first-order valence-electron chi connectivity index (χ1n) is 9.35. The van der Waals surface area contributed by atoms with Gasteiger partial charge in [0.15, 0.2) is 23.0 Å². The van der Waals surface area contributed by atoms with Crippen LogP contribution in [-0.2, 0) is 13.0 Å². The molecule has 140 valence electrons. The molecule has 6 nitrogen and oxygen atoms in total. The van der Waals surface area contributed by atoms with E-state index in [1.807, 2.05) is 12.1 Å². The van der Waals surface area contributed by atoms with E-state index in [1.165, 1.54) is 5.56 Å². The van der Waals surface area contributed by atoms with Crippen molar-refractivity contribution < 1.29 is 28.5 Å². The summed E-state index contributed by atoms with van der Waals surface area (Å²) in [7, 11) is 4.39. The molecule has 27 heavy (non-hydrogen) atoms. The normalized spacial score (nSPS) is 28.3. The predicted molar refractivity (Wildman–Crippen MR) is 93.9 cm³/mol. The maximum absolute atomic E-state index is 13.4. The van der Waals surface area contributed by atoms with Gasteiger partial charge in [0.05, 0.1) is 19.7 Å². The third-order valence-corrected chi connectivity index (χ3v) is 6.47. The molecule has 3 atom stereocenters. The average molecular weight is 367 g/mol. The Morgan fingerprint density at radius 1 is 0.926 bits per heavy atom. The first-order chi connectivity index (χ1) is 13.0. The minimum Gasteiger partial charge on any atom is -0.851 e. The average Bonchev–Trinajstić information content (AvgIpc) is 3.27. The molecule has 4 aliphatic rings. The highest BCUT2D eigenvalue weighted by atomic mass is 16.7. The van der Waals surface area contributed by atoms with Crippen molar-refractivity contribution in [3.8, 4) is 23.0 Å². The summed E-state index contributed by atoms with van der Waals surface area (Å²) in [6.07, 6.45) is -0.208. The lowest BCUT2D eigenvalue weighted by Crippen LogP contribution is -2.55. The number of nitrogens with zero attached hydrogens (tertiary/aromatic N) is 1. The standard InChI is InChI=1S/C21H21NO5/c1-22(2)8-14-12(3-4-16-21(14)27-10-24-16)19-15(23)5-11-6-17-18(26-9-25-17)7-13(11)20(19)22/h3-4,6-7,15,19-20H,5,8-10H2,1-2H3. The monoisotopic (exact) mass is 367 g/mol. The number of quaternary nitrogens is 1. The second kappa shape index (κ2) is 5.09. The quantitative estimate of drug-likeness (QED) is 0.665. The Morgan fingerprint density at radius 3 is 2.52 bits per heavy atom. The Morgan fingerprint density at radius 2 is 1.67 bits per heavy atom. The summed E-state index contributed by atoms with van der Waals surface area (Å²) in [5, 5.41) is 13.4. The maximum atomic E-state index is 13.4. The Bertz CT molecular complexity index is 970. The number of hydrogen-bond donors (Lipinski definition) is 0. The smallest absolute Gasteiger partial charge is 0.231 e. The third kappa shape index (κ3) is 2.02. The second-order valence-electron chi connectivity index (χ2n) is 8.42. The van der Waals surface area contributed by atoms with Crippen molar-refractivity contribution in [1.82, 2.24) is 0 Å². The van der Waals surface area contributed by atoms with E-state index < -0.39 is 6.10 Å². The molecule has 3 heterocycles. The summed E-state index contributed by atoms with van der Waals surface area (Å²) >= 11 is 0. The largest absolute Gasteiger partial charge is 0.851 e. The zero-order chi connectivity index (χ0) is 18.3. The molecule has 0 saturated heterocycles. The first kappa shape index (κ1) is 15.6. The summed E-state index contributed by atoms with van der Waals surface area (Å²) in [6.45, 7) is 1.29. The predicted octanol–water partition coefficient (Wildman–Crippen LogP) is 1.84. The van der Waals surface area contributed by atoms with Gasteiger partial charge in [-0.15, -0.1) is 6.10 Å². The number of ether oxygens (including phenoxy) is 4. The summed E-state index contributed by atoms with van der Waals surface area (Å²) in [6, 6.07) is 8.21. The molecule has 0 radical (unpaired) electrons. The van der Waals surface area contributed by atoms with Crippen molar-refractivity contribution in [2.24, 2.45) is 0 Å². The molecule has 6 heteroatoms. The van der Waals surface area contributed by atoms with E-state index in [9.17, 15) is 5.11 Å². The summed E-state index contributed by atoms with van der Waals surface area (Å²) in [5.74, 6) is 3.04. The van der Waals surface area contributed by atoms with Gasteiger partial charge in [0.2, 0.25) is 13.6 Å². The topological polar surface area (TPSA) is 60.0 Å². The van der Waals surface area contributed by atoms with Gasteiger partial charge in [0, 0.05) is 11.5 Å². The van der Waals surface area contributed by atoms with Crippen LogP contribution < -0.4 is 24.1 Å².